The highest BCUT2D eigenvalue weighted by Gasteiger charge is 2.03. The molecule has 0 bridgehead atoms. The average molecular weight is 528 g/mol. The first-order valence-electron chi connectivity index (χ1n) is 7.54. The highest BCUT2D eigenvalue weighted by molar-refractivity contribution is 9.10. The van der Waals surface area contributed by atoms with E-state index in [0.29, 0.717) is 0 Å². The van der Waals surface area contributed by atoms with Gasteiger partial charge in [0, 0.05) is 29.6 Å². The van der Waals surface area contributed by atoms with Crippen molar-refractivity contribution in [1.29, 1.82) is 0 Å². The van der Waals surface area contributed by atoms with Crippen molar-refractivity contribution in [1.82, 2.24) is 25.3 Å². The first kappa shape index (κ1) is 21.2. The summed E-state index contributed by atoms with van der Waals surface area (Å²) >= 11 is 12.2. The summed E-state index contributed by atoms with van der Waals surface area (Å²) in [4.78, 5) is 19.1. The summed E-state index contributed by atoms with van der Waals surface area (Å²) in [7, 11) is 0. The summed E-state index contributed by atoms with van der Waals surface area (Å²) < 4.78 is 1.80. The maximum Gasteiger partial charge on any atom is 0.156 e. The molecule has 0 spiro atoms. The summed E-state index contributed by atoms with van der Waals surface area (Å²) in [5.41, 5.74) is 2.25. The number of hydrogen-bond acceptors (Lipinski definition) is 6. The van der Waals surface area contributed by atoms with Gasteiger partial charge in [-0.1, -0.05) is 11.8 Å². The zero-order valence-corrected chi connectivity index (χ0v) is 19.3. The van der Waals surface area contributed by atoms with Crippen molar-refractivity contribution in [3.05, 3.63) is 33.2 Å². The van der Waals surface area contributed by atoms with Crippen LogP contribution in [-0.2, 0) is 11.5 Å². The number of aromatic nitrogens is 4. The smallest absolute Gasteiger partial charge is 0.156 e. The molecular formula is C14H20Br2N6S3. The summed E-state index contributed by atoms with van der Waals surface area (Å²) in [5.74, 6) is 3.85. The second-order valence-corrected chi connectivity index (χ2v) is 9.27. The van der Waals surface area contributed by atoms with E-state index >= 15 is 0 Å². The van der Waals surface area contributed by atoms with Crippen LogP contribution in [0.1, 0.15) is 11.4 Å². The largest absolute Gasteiger partial charge is 0.364 e. The molecule has 2 aromatic heterocycles. The molecule has 0 saturated carbocycles. The molecule has 6 nitrogen and oxygen atoms in total. The SMILES string of the molecule is CSC(=NCCSCc1[nH]cnc1Br)NCCSCc1[nH]cnc1Br. The lowest BCUT2D eigenvalue weighted by molar-refractivity contribution is 0.975. The van der Waals surface area contributed by atoms with Gasteiger partial charge in [0.05, 0.1) is 30.6 Å². The fourth-order valence-electron chi connectivity index (χ4n) is 1.79. The number of hydrogen-bond donors (Lipinski definition) is 3. The third-order valence-electron chi connectivity index (χ3n) is 3.03. The Morgan fingerprint density at radius 1 is 1.08 bits per heavy atom. The number of halogens is 2. The van der Waals surface area contributed by atoms with Crippen LogP contribution in [0.4, 0.5) is 0 Å². The van der Waals surface area contributed by atoms with Crippen molar-refractivity contribution in [3.63, 3.8) is 0 Å². The van der Waals surface area contributed by atoms with Crippen LogP contribution in [0.5, 0.6) is 0 Å². The lowest BCUT2D eigenvalue weighted by Gasteiger charge is -2.07. The number of H-pyrrole nitrogens is 2. The van der Waals surface area contributed by atoms with E-state index in [0.717, 1.165) is 61.9 Å². The molecule has 3 N–H and O–H groups in total. The molecule has 2 aromatic rings. The van der Waals surface area contributed by atoms with Gasteiger partial charge in [-0.25, -0.2) is 9.97 Å². The standard InChI is InChI=1S/C14H20Br2N6S3/c1-23-14(17-2-4-24-6-10-12(15)21-8-19-10)18-3-5-25-7-11-13(16)22-9-20-11/h8-9H,2-7H2,1H3,(H,17,18)(H,19,21)(H,20,22). The molecular weight excluding hydrogens is 508 g/mol. The Balaban J connectivity index is 1.55. The molecule has 0 amide bonds. The Labute approximate surface area is 177 Å². The summed E-state index contributed by atoms with van der Waals surface area (Å²) in [6.07, 6.45) is 5.46. The quantitative estimate of drug-likeness (QED) is 0.245. The number of aliphatic imine (C=N–C) groups is 1. The van der Waals surface area contributed by atoms with Gasteiger partial charge in [0.25, 0.3) is 0 Å². The molecule has 0 radical (unpaired) electrons. The number of nitrogens with one attached hydrogen (secondary N) is 3. The van der Waals surface area contributed by atoms with Gasteiger partial charge in [-0.2, -0.15) is 23.5 Å². The van der Waals surface area contributed by atoms with E-state index in [9.17, 15) is 0 Å². The van der Waals surface area contributed by atoms with Crippen LogP contribution in [-0.4, -0.2) is 56.0 Å². The van der Waals surface area contributed by atoms with Gasteiger partial charge < -0.3 is 15.3 Å². The zero-order valence-electron chi connectivity index (χ0n) is 13.7. The van der Waals surface area contributed by atoms with Crippen molar-refractivity contribution in [2.75, 3.05) is 30.9 Å². The van der Waals surface area contributed by atoms with Gasteiger partial charge in [-0.05, 0) is 38.1 Å². The fraction of sp³-hybridized carbons (Fsp3) is 0.500. The molecule has 0 atom stereocenters. The minimum absolute atomic E-state index is 0.813. The van der Waals surface area contributed by atoms with Crippen molar-refractivity contribution >= 4 is 72.3 Å². The maximum atomic E-state index is 4.62. The van der Waals surface area contributed by atoms with E-state index in [1.807, 2.05) is 23.5 Å². The molecule has 0 fully saturated rings. The van der Waals surface area contributed by atoms with Gasteiger partial charge in [-0.3, -0.25) is 4.99 Å². The normalized spacial score (nSPS) is 11.9. The Morgan fingerprint density at radius 2 is 1.68 bits per heavy atom. The Morgan fingerprint density at radius 3 is 2.20 bits per heavy atom. The van der Waals surface area contributed by atoms with Crippen LogP contribution >= 0.6 is 67.1 Å². The van der Waals surface area contributed by atoms with E-state index in [1.165, 1.54) is 0 Å². The molecule has 0 unspecified atom stereocenters. The number of thioether (sulfide) groups is 3. The second kappa shape index (κ2) is 12.3. The van der Waals surface area contributed by atoms with Crippen LogP contribution in [0.25, 0.3) is 0 Å². The van der Waals surface area contributed by atoms with Gasteiger partial charge >= 0.3 is 0 Å². The van der Waals surface area contributed by atoms with Gasteiger partial charge in [-0.15, -0.1) is 0 Å². The number of rotatable bonds is 10. The average Bonchev–Trinajstić information content (AvgIpc) is 3.21. The summed E-state index contributed by atoms with van der Waals surface area (Å²) in [6.45, 7) is 1.72. The van der Waals surface area contributed by atoms with Crippen molar-refractivity contribution < 1.29 is 0 Å². The topological polar surface area (TPSA) is 81.8 Å². The van der Waals surface area contributed by atoms with Crippen LogP contribution in [0.15, 0.2) is 26.9 Å². The van der Waals surface area contributed by atoms with Gasteiger partial charge in [0.2, 0.25) is 0 Å². The van der Waals surface area contributed by atoms with Crippen LogP contribution < -0.4 is 5.32 Å². The monoisotopic (exact) mass is 526 g/mol. The molecule has 0 saturated heterocycles. The zero-order chi connectivity index (χ0) is 17.9. The molecule has 2 rings (SSSR count). The molecule has 0 aliphatic heterocycles. The molecule has 11 heteroatoms. The minimum Gasteiger partial charge on any atom is -0.364 e. The highest BCUT2D eigenvalue weighted by Crippen LogP contribution is 2.18. The van der Waals surface area contributed by atoms with Crippen molar-refractivity contribution in [2.45, 2.75) is 11.5 Å². The van der Waals surface area contributed by atoms with Crippen LogP contribution in [0.2, 0.25) is 0 Å². The van der Waals surface area contributed by atoms with Gasteiger partial charge in [0.1, 0.15) is 9.21 Å². The first-order chi connectivity index (χ1) is 12.2. The number of aromatic amines is 2. The Hall–Kier alpha value is -0.100. The first-order valence-corrected chi connectivity index (χ1v) is 12.7. The van der Waals surface area contributed by atoms with E-state index in [-0.39, 0.29) is 0 Å². The predicted molar refractivity (Wildman–Crippen MR) is 119 cm³/mol. The maximum absolute atomic E-state index is 4.62. The molecule has 2 heterocycles. The Kier molecular flexibility index (Phi) is 10.4. The third kappa shape index (κ3) is 7.98. The molecule has 138 valence electrons. The lowest BCUT2D eigenvalue weighted by atomic mass is 10.6. The number of amidine groups is 1. The molecule has 0 aromatic carbocycles. The van der Waals surface area contributed by atoms with E-state index in [2.05, 4.69) is 68.4 Å². The van der Waals surface area contributed by atoms with Gasteiger partial charge in [0.15, 0.2) is 5.17 Å². The summed E-state index contributed by atoms with van der Waals surface area (Å²) in [5, 5.41) is 4.41. The minimum atomic E-state index is 0.813. The Bertz CT molecular complexity index is 661. The fourth-order valence-corrected chi connectivity index (χ4v) is 4.95. The van der Waals surface area contributed by atoms with Crippen molar-refractivity contribution in [2.24, 2.45) is 4.99 Å². The van der Waals surface area contributed by atoms with Crippen LogP contribution in [0, 0.1) is 0 Å². The third-order valence-corrected chi connectivity index (χ3v) is 7.01. The van der Waals surface area contributed by atoms with E-state index in [4.69, 9.17) is 0 Å². The molecule has 0 aliphatic rings. The number of imidazole rings is 2. The van der Waals surface area contributed by atoms with E-state index in [1.54, 1.807) is 24.4 Å². The predicted octanol–water partition coefficient (Wildman–Crippen LogP) is 4.13. The van der Waals surface area contributed by atoms with Crippen LogP contribution in [0.3, 0.4) is 0 Å². The highest BCUT2D eigenvalue weighted by atomic mass is 79.9. The van der Waals surface area contributed by atoms with E-state index < -0.39 is 0 Å². The lowest BCUT2D eigenvalue weighted by Crippen LogP contribution is -2.23. The van der Waals surface area contributed by atoms with Crippen molar-refractivity contribution in [3.8, 4) is 0 Å². The summed E-state index contributed by atoms with van der Waals surface area (Å²) in [6, 6.07) is 0. The molecule has 0 aliphatic carbocycles. The molecule has 25 heavy (non-hydrogen) atoms. The second-order valence-electron chi connectivity index (χ2n) is 4.77. The number of nitrogens with zero attached hydrogens (tertiary/aromatic N) is 3.